The summed E-state index contributed by atoms with van der Waals surface area (Å²) in [4.78, 5) is 19.0. The standard InChI is InChI=1S/C24H30N2O2/c1-13(20-12-25-21-4-2-3-19(23(20)21)14-5-6-14)7-22(27)26-17-8-15-9-18(26)11-16(10-17)24(15)28/h2-4,12-18,24-25,28H,5-11H2,1H3. The summed E-state index contributed by atoms with van der Waals surface area (Å²) in [5.41, 5.74) is 3.99. The molecule has 2 saturated heterocycles. The topological polar surface area (TPSA) is 56.3 Å². The summed E-state index contributed by atoms with van der Waals surface area (Å²) >= 11 is 0. The van der Waals surface area contributed by atoms with Gasteiger partial charge in [-0.05, 0) is 79.4 Å². The molecule has 1 amide bonds. The third-order valence-corrected chi connectivity index (χ3v) is 8.14. The van der Waals surface area contributed by atoms with Gasteiger partial charge in [-0.15, -0.1) is 0 Å². The van der Waals surface area contributed by atoms with Gasteiger partial charge in [-0.2, -0.15) is 0 Å². The van der Waals surface area contributed by atoms with Gasteiger partial charge in [0, 0.05) is 35.6 Å². The highest BCUT2D eigenvalue weighted by Gasteiger charge is 2.52. The fraction of sp³-hybridized carbons (Fsp3) is 0.625. The van der Waals surface area contributed by atoms with Gasteiger partial charge in [-0.25, -0.2) is 0 Å². The van der Waals surface area contributed by atoms with Crippen LogP contribution in [0.1, 0.15) is 74.8 Å². The number of amides is 1. The number of carbonyl (C=O) groups is 1. The van der Waals surface area contributed by atoms with Crippen LogP contribution in [0.4, 0.5) is 0 Å². The molecule has 2 aliphatic heterocycles. The minimum atomic E-state index is -0.115. The summed E-state index contributed by atoms with van der Waals surface area (Å²) in [5.74, 6) is 2.12. The molecule has 28 heavy (non-hydrogen) atoms. The molecular formula is C24H30N2O2. The maximum absolute atomic E-state index is 13.3. The van der Waals surface area contributed by atoms with E-state index in [9.17, 15) is 9.90 Å². The number of fused-ring (bicyclic) bond motifs is 1. The predicted octanol–water partition coefficient (Wildman–Crippen LogP) is 4.30. The van der Waals surface area contributed by atoms with E-state index in [1.54, 1.807) is 0 Å². The second kappa shape index (κ2) is 6.09. The van der Waals surface area contributed by atoms with Crippen LogP contribution in [0, 0.1) is 11.8 Å². The summed E-state index contributed by atoms with van der Waals surface area (Å²) in [6, 6.07) is 7.33. The Hall–Kier alpha value is -1.81. The number of piperidine rings is 2. The van der Waals surface area contributed by atoms with Crippen LogP contribution < -0.4 is 0 Å². The molecule has 4 nitrogen and oxygen atoms in total. The molecule has 3 saturated carbocycles. The maximum atomic E-state index is 13.3. The van der Waals surface area contributed by atoms with E-state index >= 15 is 0 Å². The van der Waals surface area contributed by atoms with E-state index < -0.39 is 0 Å². The number of nitrogens with one attached hydrogen (secondary N) is 1. The van der Waals surface area contributed by atoms with Crippen molar-refractivity contribution in [3.63, 3.8) is 0 Å². The highest BCUT2D eigenvalue weighted by molar-refractivity contribution is 5.89. The number of carbonyl (C=O) groups excluding carboxylic acids is 1. The zero-order valence-corrected chi connectivity index (χ0v) is 16.6. The Morgan fingerprint density at radius 3 is 2.50 bits per heavy atom. The highest BCUT2D eigenvalue weighted by atomic mass is 16.3. The number of benzene rings is 1. The van der Waals surface area contributed by atoms with Crippen molar-refractivity contribution in [2.24, 2.45) is 11.8 Å². The zero-order chi connectivity index (χ0) is 19.0. The number of aromatic nitrogens is 1. The summed E-state index contributed by atoms with van der Waals surface area (Å²) in [7, 11) is 0. The van der Waals surface area contributed by atoms with Crippen molar-refractivity contribution in [1.82, 2.24) is 9.88 Å². The van der Waals surface area contributed by atoms with Crippen molar-refractivity contribution in [2.75, 3.05) is 0 Å². The van der Waals surface area contributed by atoms with Gasteiger partial charge >= 0.3 is 0 Å². The van der Waals surface area contributed by atoms with Crippen LogP contribution in [0.15, 0.2) is 24.4 Å². The van der Waals surface area contributed by atoms with Crippen molar-refractivity contribution < 1.29 is 9.90 Å². The Labute approximate surface area is 166 Å². The number of hydrogen-bond donors (Lipinski definition) is 2. The lowest BCUT2D eigenvalue weighted by atomic mass is 9.62. The van der Waals surface area contributed by atoms with E-state index in [1.165, 1.54) is 34.9 Å². The number of rotatable bonds is 4. The van der Waals surface area contributed by atoms with Gasteiger partial charge in [0.15, 0.2) is 0 Å². The Kier molecular flexibility index (Phi) is 3.72. The number of aliphatic hydroxyl groups is 1. The van der Waals surface area contributed by atoms with Crippen LogP contribution in [0.3, 0.4) is 0 Å². The van der Waals surface area contributed by atoms with Crippen LogP contribution in [0.2, 0.25) is 0 Å². The molecule has 3 aliphatic carbocycles. The van der Waals surface area contributed by atoms with E-state index in [2.05, 4.69) is 41.2 Å². The predicted molar refractivity (Wildman–Crippen MR) is 109 cm³/mol. The van der Waals surface area contributed by atoms with Gasteiger partial charge in [-0.1, -0.05) is 19.1 Å². The van der Waals surface area contributed by atoms with E-state index in [4.69, 9.17) is 0 Å². The van der Waals surface area contributed by atoms with E-state index in [0.29, 0.717) is 42.2 Å². The lowest BCUT2D eigenvalue weighted by molar-refractivity contribution is -0.163. The summed E-state index contributed by atoms with van der Waals surface area (Å²) in [6.45, 7) is 2.21. The van der Waals surface area contributed by atoms with E-state index in [1.807, 2.05) is 0 Å². The molecule has 3 heterocycles. The Morgan fingerprint density at radius 2 is 1.86 bits per heavy atom. The summed E-state index contributed by atoms with van der Waals surface area (Å²) < 4.78 is 0. The molecule has 0 spiro atoms. The summed E-state index contributed by atoms with van der Waals surface area (Å²) in [5, 5.41) is 11.8. The number of hydrogen-bond acceptors (Lipinski definition) is 2. The molecule has 5 aliphatic rings. The first kappa shape index (κ1) is 17.1. The zero-order valence-electron chi connectivity index (χ0n) is 16.6. The van der Waals surface area contributed by atoms with Gasteiger partial charge in [-0.3, -0.25) is 4.79 Å². The van der Waals surface area contributed by atoms with Gasteiger partial charge in [0.2, 0.25) is 5.91 Å². The summed E-state index contributed by atoms with van der Waals surface area (Å²) in [6.07, 6.45) is 9.23. The molecule has 2 N–H and O–H groups in total. The minimum Gasteiger partial charge on any atom is -0.393 e. The number of nitrogens with zero attached hydrogens (tertiary/aromatic N) is 1. The second-order valence-electron chi connectivity index (χ2n) is 9.96. The molecule has 148 valence electrons. The second-order valence-corrected chi connectivity index (χ2v) is 9.96. The quantitative estimate of drug-likeness (QED) is 0.833. The Morgan fingerprint density at radius 1 is 1.18 bits per heavy atom. The molecule has 1 aromatic heterocycles. The molecule has 4 heteroatoms. The van der Waals surface area contributed by atoms with Gasteiger partial charge < -0.3 is 15.0 Å². The minimum absolute atomic E-state index is 0.115. The first-order chi connectivity index (χ1) is 13.6. The molecule has 5 fully saturated rings. The van der Waals surface area contributed by atoms with Crippen molar-refractivity contribution in [3.8, 4) is 0 Å². The monoisotopic (exact) mass is 378 g/mol. The molecule has 1 aromatic carbocycles. The normalized spacial score (nSPS) is 34.9. The smallest absolute Gasteiger partial charge is 0.223 e. The highest BCUT2D eigenvalue weighted by Crippen LogP contribution is 2.50. The molecule has 7 rings (SSSR count). The van der Waals surface area contributed by atoms with Crippen molar-refractivity contribution >= 4 is 16.8 Å². The molecule has 2 aromatic rings. The fourth-order valence-electron chi connectivity index (χ4n) is 6.73. The van der Waals surface area contributed by atoms with Crippen LogP contribution in [0.5, 0.6) is 0 Å². The van der Waals surface area contributed by atoms with Crippen molar-refractivity contribution in [3.05, 3.63) is 35.5 Å². The number of aromatic amines is 1. The number of H-pyrrole nitrogens is 1. The van der Waals surface area contributed by atoms with Crippen molar-refractivity contribution in [2.45, 2.75) is 81.9 Å². The van der Waals surface area contributed by atoms with Crippen LogP contribution in [-0.4, -0.2) is 39.1 Å². The van der Waals surface area contributed by atoms with Gasteiger partial charge in [0.05, 0.1) is 6.10 Å². The Bertz CT molecular complexity index is 898. The fourth-order valence-corrected chi connectivity index (χ4v) is 6.73. The van der Waals surface area contributed by atoms with Crippen LogP contribution >= 0.6 is 0 Å². The third-order valence-electron chi connectivity index (χ3n) is 8.14. The molecular weight excluding hydrogens is 348 g/mol. The van der Waals surface area contributed by atoms with Crippen LogP contribution in [-0.2, 0) is 4.79 Å². The Balaban J connectivity index is 1.24. The van der Waals surface area contributed by atoms with Crippen molar-refractivity contribution in [1.29, 1.82) is 0 Å². The molecule has 0 radical (unpaired) electrons. The average molecular weight is 379 g/mol. The maximum Gasteiger partial charge on any atom is 0.223 e. The first-order valence-corrected chi connectivity index (χ1v) is 11.2. The van der Waals surface area contributed by atoms with Crippen LogP contribution in [0.25, 0.3) is 10.9 Å². The molecule has 1 unspecified atom stereocenters. The van der Waals surface area contributed by atoms with Gasteiger partial charge in [0.1, 0.15) is 0 Å². The molecule has 4 bridgehead atoms. The van der Waals surface area contributed by atoms with Gasteiger partial charge in [0.25, 0.3) is 0 Å². The molecule has 1 atom stereocenters. The van der Waals surface area contributed by atoms with E-state index in [-0.39, 0.29) is 12.0 Å². The third kappa shape index (κ3) is 2.50. The largest absolute Gasteiger partial charge is 0.393 e. The van der Waals surface area contributed by atoms with E-state index in [0.717, 1.165) is 25.7 Å². The SMILES string of the molecule is CC(CC(=O)N1C2CC3CC1CC(C2)C3O)c1c[nH]c2cccc(C3CC3)c12. The lowest BCUT2D eigenvalue weighted by Crippen LogP contribution is -2.64. The number of aliphatic hydroxyl groups excluding tert-OH is 1. The first-order valence-electron chi connectivity index (χ1n) is 11.2. The average Bonchev–Trinajstić information content (AvgIpc) is 3.42. The lowest BCUT2D eigenvalue weighted by Gasteiger charge is -2.58.